The van der Waals surface area contributed by atoms with Crippen LogP contribution in [0.5, 0.6) is 0 Å². The smallest absolute Gasteiger partial charge is 0.261 e. The van der Waals surface area contributed by atoms with Crippen molar-refractivity contribution in [2.75, 3.05) is 6.54 Å². The number of benzene rings is 2. The average Bonchev–Trinajstić information content (AvgIpc) is 3.37. The van der Waals surface area contributed by atoms with E-state index < -0.39 is 0 Å². The molecule has 0 bridgehead atoms. The number of hydrogen-bond donors (Lipinski definition) is 0. The molecule has 7 nitrogen and oxygen atoms in total. The van der Waals surface area contributed by atoms with Crippen LogP contribution in [0, 0.1) is 5.92 Å². The number of rotatable bonds is 6. The first kappa shape index (κ1) is 19.9. The first-order chi connectivity index (χ1) is 16.0. The summed E-state index contributed by atoms with van der Waals surface area (Å²) in [5.41, 5.74) is 4.58. The van der Waals surface area contributed by atoms with Crippen molar-refractivity contribution in [3.05, 3.63) is 77.0 Å². The Hall–Kier alpha value is -3.74. The molecule has 0 radical (unpaired) electrons. The predicted octanol–water partition coefficient (Wildman–Crippen LogP) is 3.51. The van der Waals surface area contributed by atoms with Crippen LogP contribution in [0.1, 0.15) is 55.9 Å². The highest BCUT2D eigenvalue weighted by molar-refractivity contribution is 6.21. The Labute approximate surface area is 191 Å². The minimum Gasteiger partial charge on any atom is -0.329 e. The number of aromatic nitrogens is 2. The largest absolute Gasteiger partial charge is 0.329 e. The van der Waals surface area contributed by atoms with Crippen LogP contribution in [-0.2, 0) is 13.6 Å². The van der Waals surface area contributed by atoms with Crippen LogP contribution in [0.15, 0.2) is 54.7 Å². The summed E-state index contributed by atoms with van der Waals surface area (Å²) >= 11 is 0. The maximum atomic E-state index is 13.4. The van der Waals surface area contributed by atoms with E-state index in [1.165, 1.54) is 4.90 Å². The first-order valence-electron chi connectivity index (χ1n) is 11.4. The molecule has 2 aliphatic heterocycles. The predicted molar refractivity (Wildman–Crippen MR) is 121 cm³/mol. The van der Waals surface area contributed by atoms with Crippen LogP contribution in [-0.4, -0.2) is 49.9 Å². The monoisotopic (exact) mass is 440 g/mol. The molecule has 6 rings (SSSR count). The number of carbonyl (C=O) groups is 3. The van der Waals surface area contributed by atoms with E-state index >= 15 is 0 Å². The summed E-state index contributed by atoms with van der Waals surface area (Å²) in [6, 6.07) is 14.6. The molecule has 2 aromatic carbocycles. The molecule has 1 aromatic heterocycles. The second kappa shape index (κ2) is 7.40. The molecule has 0 spiro atoms. The van der Waals surface area contributed by atoms with E-state index in [1.807, 2.05) is 34.8 Å². The molecule has 166 valence electrons. The first-order valence-corrected chi connectivity index (χ1v) is 11.4. The quantitative estimate of drug-likeness (QED) is 0.550. The van der Waals surface area contributed by atoms with Crippen LogP contribution in [0.2, 0.25) is 0 Å². The summed E-state index contributed by atoms with van der Waals surface area (Å²) < 4.78 is 1.81. The zero-order chi connectivity index (χ0) is 22.7. The molecular weight excluding hydrogens is 416 g/mol. The fourth-order valence-corrected chi connectivity index (χ4v) is 5.11. The topological polar surface area (TPSA) is 75.5 Å². The molecule has 0 N–H and O–H groups in total. The van der Waals surface area contributed by atoms with Crippen LogP contribution in [0.4, 0.5) is 0 Å². The van der Waals surface area contributed by atoms with Crippen molar-refractivity contribution in [1.29, 1.82) is 0 Å². The van der Waals surface area contributed by atoms with E-state index in [1.54, 1.807) is 30.5 Å². The molecule has 3 amide bonds. The Morgan fingerprint density at radius 2 is 1.67 bits per heavy atom. The van der Waals surface area contributed by atoms with Crippen molar-refractivity contribution in [1.82, 2.24) is 19.6 Å². The van der Waals surface area contributed by atoms with Gasteiger partial charge in [0, 0.05) is 37.5 Å². The number of hydrogen-bond acceptors (Lipinski definition) is 4. The van der Waals surface area contributed by atoms with Gasteiger partial charge in [0.05, 0.1) is 22.9 Å². The van der Waals surface area contributed by atoms with Crippen LogP contribution in [0.25, 0.3) is 11.3 Å². The Bertz CT molecular complexity index is 1270. The van der Waals surface area contributed by atoms with Crippen molar-refractivity contribution in [3.8, 4) is 11.3 Å². The van der Waals surface area contributed by atoms with Gasteiger partial charge < -0.3 is 4.90 Å². The maximum Gasteiger partial charge on any atom is 0.261 e. The van der Waals surface area contributed by atoms with Gasteiger partial charge in [-0.1, -0.05) is 31.0 Å². The summed E-state index contributed by atoms with van der Waals surface area (Å²) in [7, 11) is 1.90. The van der Waals surface area contributed by atoms with Crippen LogP contribution in [0.3, 0.4) is 0 Å². The molecule has 1 aliphatic carbocycles. The van der Waals surface area contributed by atoms with Gasteiger partial charge >= 0.3 is 0 Å². The van der Waals surface area contributed by atoms with E-state index in [2.05, 4.69) is 11.2 Å². The SMILES string of the molecule is Cn1nccc1-c1ccc2c(c1)CN([C@@H](CC1CC1)CN1C(=O)c3ccccc3C1=O)C2=O. The third-order valence-corrected chi connectivity index (χ3v) is 7.07. The summed E-state index contributed by atoms with van der Waals surface area (Å²) in [6.07, 6.45) is 4.84. The highest BCUT2D eigenvalue weighted by atomic mass is 16.2. The van der Waals surface area contributed by atoms with Crippen LogP contribution < -0.4 is 0 Å². The Kier molecular flexibility index (Phi) is 4.47. The van der Waals surface area contributed by atoms with Crippen molar-refractivity contribution in [2.24, 2.45) is 13.0 Å². The molecule has 33 heavy (non-hydrogen) atoms. The van der Waals surface area contributed by atoms with E-state index in [-0.39, 0.29) is 30.3 Å². The van der Waals surface area contributed by atoms with Crippen molar-refractivity contribution < 1.29 is 14.4 Å². The van der Waals surface area contributed by atoms with Gasteiger partial charge in [-0.15, -0.1) is 0 Å². The lowest BCUT2D eigenvalue weighted by atomic mass is 10.0. The number of nitrogens with zero attached hydrogens (tertiary/aromatic N) is 4. The molecule has 7 heteroatoms. The minimum absolute atomic E-state index is 0.0242. The molecule has 0 unspecified atom stereocenters. The number of aryl methyl sites for hydroxylation is 1. The molecule has 3 heterocycles. The van der Waals surface area contributed by atoms with Crippen molar-refractivity contribution >= 4 is 17.7 Å². The molecule has 1 fully saturated rings. The van der Waals surface area contributed by atoms with Gasteiger partial charge in [0.25, 0.3) is 17.7 Å². The third kappa shape index (κ3) is 3.26. The summed E-state index contributed by atoms with van der Waals surface area (Å²) in [4.78, 5) is 42.5. The van der Waals surface area contributed by atoms with E-state index in [9.17, 15) is 14.4 Å². The third-order valence-electron chi connectivity index (χ3n) is 7.07. The van der Waals surface area contributed by atoms with Crippen molar-refractivity contribution in [2.45, 2.75) is 31.8 Å². The fraction of sp³-hybridized carbons (Fsp3) is 0.308. The van der Waals surface area contributed by atoms with Gasteiger partial charge in [-0.2, -0.15) is 5.10 Å². The Morgan fingerprint density at radius 3 is 2.30 bits per heavy atom. The average molecular weight is 441 g/mol. The van der Waals surface area contributed by atoms with Gasteiger partial charge in [0.15, 0.2) is 0 Å². The van der Waals surface area contributed by atoms with Gasteiger partial charge in [0.2, 0.25) is 0 Å². The molecule has 3 aromatic rings. The van der Waals surface area contributed by atoms with Gasteiger partial charge in [0.1, 0.15) is 0 Å². The number of amides is 3. The van der Waals surface area contributed by atoms with E-state index in [0.717, 1.165) is 36.1 Å². The molecule has 1 saturated carbocycles. The highest BCUT2D eigenvalue weighted by Gasteiger charge is 2.41. The molecule has 0 saturated heterocycles. The van der Waals surface area contributed by atoms with Crippen LogP contribution >= 0.6 is 0 Å². The minimum atomic E-state index is -0.265. The Morgan fingerprint density at radius 1 is 0.939 bits per heavy atom. The summed E-state index contributed by atoms with van der Waals surface area (Å²) in [6.45, 7) is 0.720. The van der Waals surface area contributed by atoms with Gasteiger partial charge in [-0.25, -0.2) is 0 Å². The lowest BCUT2D eigenvalue weighted by Crippen LogP contribution is -2.46. The van der Waals surface area contributed by atoms with Crippen molar-refractivity contribution in [3.63, 3.8) is 0 Å². The second-order valence-corrected chi connectivity index (χ2v) is 9.24. The maximum absolute atomic E-state index is 13.4. The number of imide groups is 1. The summed E-state index contributed by atoms with van der Waals surface area (Å²) in [5, 5.41) is 4.24. The fourth-order valence-electron chi connectivity index (χ4n) is 5.11. The van der Waals surface area contributed by atoms with Gasteiger partial charge in [-0.05, 0) is 48.2 Å². The lowest BCUT2D eigenvalue weighted by molar-refractivity contribution is 0.0514. The Balaban J connectivity index is 1.28. The highest BCUT2D eigenvalue weighted by Crippen LogP contribution is 2.38. The zero-order valence-corrected chi connectivity index (χ0v) is 18.4. The van der Waals surface area contributed by atoms with E-state index in [0.29, 0.717) is 29.2 Å². The standard InChI is InChI=1S/C26H24N4O3/c1-28-23(10-11-27-28)17-8-9-20-18(13-17)14-29(24(20)31)19(12-16-6-7-16)15-30-25(32)21-4-2-3-5-22(21)26(30)33/h2-5,8-11,13,16,19H,6-7,12,14-15H2,1H3/t19-/m0/s1. The van der Waals surface area contributed by atoms with Gasteiger partial charge in [-0.3, -0.25) is 24.0 Å². The normalized spacial score (nSPS) is 18.2. The second-order valence-electron chi connectivity index (χ2n) is 9.24. The molecule has 3 aliphatic rings. The molecule has 1 atom stereocenters. The lowest BCUT2D eigenvalue weighted by Gasteiger charge is -2.31. The zero-order valence-electron chi connectivity index (χ0n) is 18.4. The number of carbonyl (C=O) groups excluding carboxylic acids is 3. The summed E-state index contributed by atoms with van der Waals surface area (Å²) in [5.74, 6) is -0.00591. The molecular formula is C26H24N4O3. The van der Waals surface area contributed by atoms with E-state index in [4.69, 9.17) is 0 Å². The number of fused-ring (bicyclic) bond motifs is 2.